The van der Waals surface area contributed by atoms with Crippen LogP contribution in [0.4, 0.5) is 0 Å². The zero-order chi connectivity index (χ0) is 10.8. The van der Waals surface area contributed by atoms with Crippen molar-refractivity contribution in [2.24, 2.45) is 0 Å². The van der Waals surface area contributed by atoms with Gasteiger partial charge in [-0.15, -0.1) is 0 Å². The highest BCUT2D eigenvalue weighted by Crippen LogP contribution is 2.21. The Hall–Kier alpha value is -0.680. The fraction of sp³-hybridized carbons (Fsp3) is 0.200. The molecule has 1 heterocycles. The smallest absolute Gasteiger partial charge is 0.231 e. The third-order valence-electron chi connectivity index (χ3n) is 1.85. The quantitative estimate of drug-likeness (QED) is 0.845. The van der Waals surface area contributed by atoms with E-state index in [0.717, 1.165) is 14.5 Å². The molecule has 0 N–H and O–H groups in total. The Morgan fingerprint density at radius 1 is 1.20 bits per heavy atom. The number of nitrogens with zero attached hydrogens (tertiary/aromatic N) is 2. The van der Waals surface area contributed by atoms with E-state index in [-0.39, 0.29) is 0 Å². The molecular weight excluding hydrogens is 324 g/mol. The summed E-state index contributed by atoms with van der Waals surface area (Å²) in [5.41, 5.74) is 1.12. The maximum Gasteiger partial charge on any atom is 0.231 e. The molecule has 0 fully saturated rings. The predicted molar refractivity (Wildman–Crippen MR) is 63.7 cm³/mol. The molecule has 0 unspecified atom stereocenters. The molecule has 0 aliphatic rings. The van der Waals surface area contributed by atoms with E-state index >= 15 is 0 Å². The van der Waals surface area contributed by atoms with Crippen molar-refractivity contribution in [1.29, 1.82) is 0 Å². The van der Waals surface area contributed by atoms with Crippen LogP contribution in [0.15, 0.2) is 31.7 Å². The summed E-state index contributed by atoms with van der Waals surface area (Å²) in [7, 11) is 0. The molecule has 0 aliphatic carbocycles. The molecule has 0 atom stereocenters. The Kier molecular flexibility index (Phi) is 3.21. The first-order valence-corrected chi connectivity index (χ1v) is 5.96. The van der Waals surface area contributed by atoms with Crippen LogP contribution in [0.2, 0.25) is 0 Å². The highest BCUT2D eigenvalue weighted by atomic mass is 79.9. The minimum absolute atomic E-state index is 0.637. The summed E-state index contributed by atoms with van der Waals surface area (Å²) in [6, 6.07) is 6.05. The normalized spacial score (nSPS) is 10.6. The molecule has 3 nitrogen and oxygen atoms in total. The van der Waals surface area contributed by atoms with Gasteiger partial charge in [-0.1, -0.05) is 37.0 Å². The van der Waals surface area contributed by atoms with Gasteiger partial charge in [-0.3, -0.25) is 0 Å². The molecule has 0 saturated heterocycles. The lowest BCUT2D eigenvalue weighted by Crippen LogP contribution is -1.88. The predicted octanol–water partition coefficient (Wildman–Crippen LogP) is 3.49. The minimum Gasteiger partial charge on any atom is -0.339 e. The molecule has 2 aromatic rings. The van der Waals surface area contributed by atoms with E-state index in [0.29, 0.717) is 18.1 Å². The van der Waals surface area contributed by atoms with Crippen LogP contribution in [-0.2, 0) is 6.42 Å². The number of hydrogen-bond donors (Lipinski definition) is 0. The number of aryl methyl sites for hydroxylation is 1. The van der Waals surface area contributed by atoms with Crippen LogP contribution in [0.3, 0.4) is 0 Å². The first-order valence-electron chi connectivity index (χ1n) is 4.37. The summed E-state index contributed by atoms with van der Waals surface area (Å²) in [6.45, 7) is 1.81. The van der Waals surface area contributed by atoms with E-state index in [1.807, 2.05) is 25.1 Å². The largest absolute Gasteiger partial charge is 0.339 e. The van der Waals surface area contributed by atoms with Crippen LogP contribution in [-0.4, -0.2) is 10.1 Å². The Balaban J connectivity index is 2.24. The van der Waals surface area contributed by atoms with E-state index < -0.39 is 0 Å². The fourth-order valence-electron chi connectivity index (χ4n) is 1.30. The van der Waals surface area contributed by atoms with Crippen molar-refractivity contribution in [3.05, 3.63) is 44.4 Å². The average molecular weight is 332 g/mol. The summed E-state index contributed by atoms with van der Waals surface area (Å²) in [5.74, 6) is 1.30. The van der Waals surface area contributed by atoms with Crippen molar-refractivity contribution in [3.63, 3.8) is 0 Å². The van der Waals surface area contributed by atoms with Crippen molar-refractivity contribution >= 4 is 31.9 Å². The third kappa shape index (κ3) is 2.89. The van der Waals surface area contributed by atoms with Crippen molar-refractivity contribution < 1.29 is 4.52 Å². The number of halogens is 2. The number of hydrogen-bond acceptors (Lipinski definition) is 3. The maximum atomic E-state index is 5.06. The van der Waals surface area contributed by atoms with Gasteiger partial charge in [0.1, 0.15) is 0 Å². The summed E-state index contributed by atoms with van der Waals surface area (Å²) >= 11 is 6.87. The molecule has 0 aliphatic heterocycles. The van der Waals surface area contributed by atoms with E-state index in [1.54, 1.807) is 0 Å². The monoisotopic (exact) mass is 330 g/mol. The van der Waals surface area contributed by atoms with Crippen molar-refractivity contribution in [1.82, 2.24) is 10.1 Å². The number of rotatable bonds is 2. The second kappa shape index (κ2) is 4.45. The van der Waals surface area contributed by atoms with Gasteiger partial charge in [0.15, 0.2) is 5.82 Å². The Morgan fingerprint density at radius 3 is 2.40 bits per heavy atom. The van der Waals surface area contributed by atoms with Crippen molar-refractivity contribution in [2.45, 2.75) is 13.3 Å². The molecule has 0 bridgehead atoms. The molecule has 1 aromatic heterocycles. The average Bonchev–Trinajstić information content (AvgIpc) is 2.49. The Bertz CT molecular complexity index is 462. The maximum absolute atomic E-state index is 5.06. The second-order valence-electron chi connectivity index (χ2n) is 3.19. The summed E-state index contributed by atoms with van der Waals surface area (Å²) in [5, 5.41) is 3.75. The second-order valence-corrected chi connectivity index (χ2v) is 5.02. The van der Waals surface area contributed by atoms with Gasteiger partial charge in [-0.2, -0.15) is 4.98 Å². The molecule has 0 amide bonds. The minimum atomic E-state index is 0.637. The molecule has 5 heteroatoms. The number of aromatic nitrogens is 2. The SMILES string of the molecule is Cc1noc(Cc2cc(Br)cc(Br)c2)n1. The molecule has 1 aromatic carbocycles. The molecule has 78 valence electrons. The van der Waals surface area contributed by atoms with Crippen LogP contribution in [0.25, 0.3) is 0 Å². The summed E-state index contributed by atoms with van der Waals surface area (Å²) in [6.07, 6.45) is 0.652. The van der Waals surface area contributed by atoms with Crippen LogP contribution in [0.1, 0.15) is 17.3 Å². The molecule has 0 spiro atoms. The Morgan fingerprint density at radius 2 is 1.87 bits per heavy atom. The van der Waals surface area contributed by atoms with E-state index in [4.69, 9.17) is 4.52 Å². The van der Waals surface area contributed by atoms with Crippen molar-refractivity contribution in [3.8, 4) is 0 Å². The van der Waals surface area contributed by atoms with E-state index in [2.05, 4.69) is 42.0 Å². The molecule has 15 heavy (non-hydrogen) atoms. The summed E-state index contributed by atoms with van der Waals surface area (Å²) in [4.78, 5) is 4.16. The molecule has 2 rings (SSSR count). The van der Waals surface area contributed by atoms with Crippen LogP contribution in [0.5, 0.6) is 0 Å². The van der Waals surface area contributed by atoms with Gasteiger partial charge in [0.25, 0.3) is 0 Å². The summed E-state index contributed by atoms with van der Waals surface area (Å²) < 4.78 is 7.12. The molecule has 0 saturated carbocycles. The number of benzene rings is 1. The van der Waals surface area contributed by atoms with Gasteiger partial charge in [0.05, 0.1) is 6.42 Å². The van der Waals surface area contributed by atoms with Gasteiger partial charge in [-0.05, 0) is 30.7 Å². The molecule has 0 radical (unpaired) electrons. The van der Waals surface area contributed by atoms with E-state index in [9.17, 15) is 0 Å². The van der Waals surface area contributed by atoms with Gasteiger partial charge in [0.2, 0.25) is 5.89 Å². The zero-order valence-electron chi connectivity index (χ0n) is 8.00. The topological polar surface area (TPSA) is 38.9 Å². The lowest BCUT2D eigenvalue weighted by Gasteiger charge is -1.99. The Labute approximate surface area is 104 Å². The highest BCUT2D eigenvalue weighted by Gasteiger charge is 2.05. The first-order chi connectivity index (χ1) is 7.13. The third-order valence-corrected chi connectivity index (χ3v) is 2.76. The van der Waals surface area contributed by atoms with E-state index in [1.165, 1.54) is 0 Å². The first kappa shape index (κ1) is 10.8. The molecular formula is C10H8Br2N2O. The van der Waals surface area contributed by atoms with Crippen molar-refractivity contribution in [2.75, 3.05) is 0 Å². The lowest BCUT2D eigenvalue weighted by atomic mass is 10.1. The van der Waals surface area contributed by atoms with Crippen LogP contribution >= 0.6 is 31.9 Å². The van der Waals surface area contributed by atoms with Crippen LogP contribution in [0, 0.1) is 6.92 Å². The lowest BCUT2D eigenvalue weighted by molar-refractivity contribution is 0.381. The van der Waals surface area contributed by atoms with Gasteiger partial charge in [0, 0.05) is 8.95 Å². The zero-order valence-corrected chi connectivity index (χ0v) is 11.2. The highest BCUT2D eigenvalue weighted by molar-refractivity contribution is 9.11. The van der Waals surface area contributed by atoms with Crippen LogP contribution < -0.4 is 0 Å². The van der Waals surface area contributed by atoms with Gasteiger partial charge >= 0.3 is 0 Å². The van der Waals surface area contributed by atoms with Gasteiger partial charge < -0.3 is 4.52 Å². The standard InChI is InChI=1S/C10H8Br2N2O/c1-6-13-10(15-14-6)4-7-2-8(11)5-9(12)3-7/h2-3,5H,4H2,1H3. The fourth-order valence-corrected chi connectivity index (χ4v) is 2.69. The van der Waals surface area contributed by atoms with Gasteiger partial charge in [-0.25, -0.2) is 0 Å².